The molecular weight excluding hydrogens is 212 g/mol. The van der Waals surface area contributed by atoms with Crippen molar-refractivity contribution >= 4 is 5.91 Å². The van der Waals surface area contributed by atoms with Gasteiger partial charge in [0.15, 0.2) is 0 Å². The minimum Gasteiger partial charge on any atom is -0.325 e. The summed E-state index contributed by atoms with van der Waals surface area (Å²) in [4.78, 5) is 14.5. The van der Waals surface area contributed by atoms with Gasteiger partial charge in [0.25, 0.3) is 0 Å². The molecule has 1 saturated heterocycles. The Balaban J connectivity index is 1.66. The Morgan fingerprint density at radius 1 is 1.41 bits per heavy atom. The predicted octanol–water partition coefficient (Wildman–Crippen LogP) is 2.12. The van der Waals surface area contributed by atoms with Crippen molar-refractivity contribution < 1.29 is 4.79 Å². The molecule has 3 atom stereocenters. The lowest BCUT2D eigenvalue weighted by Gasteiger charge is -2.26. The first-order chi connectivity index (χ1) is 8.14. The summed E-state index contributed by atoms with van der Waals surface area (Å²) in [6, 6.07) is 0. The molecule has 3 nitrogen and oxygen atoms in total. The number of nitrogens with zero attached hydrogens (tertiary/aromatic N) is 1. The van der Waals surface area contributed by atoms with Crippen LogP contribution in [0.3, 0.4) is 0 Å². The van der Waals surface area contributed by atoms with Crippen molar-refractivity contribution in [2.45, 2.75) is 64.1 Å². The molecule has 3 fully saturated rings. The minimum atomic E-state index is -0.120. The second-order valence-electron chi connectivity index (χ2n) is 6.39. The molecule has 0 radical (unpaired) electrons. The highest BCUT2D eigenvalue weighted by Gasteiger charge is 2.58. The van der Waals surface area contributed by atoms with Crippen LogP contribution in [0.2, 0.25) is 0 Å². The molecule has 1 aliphatic heterocycles. The van der Waals surface area contributed by atoms with Crippen LogP contribution in [0.25, 0.3) is 0 Å². The van der Waals surface area contributed by atoms with Crippen molar-refractivity contribution in [2.75, 3.05) is 6.54 Å². The number of carbonyl (C=O) groups excluding carboxylic acids is 1. The van der Waals surface area contributed by atoms with Gasteiger partial charge < -0.3 is 4.90 Å². The van der Waals surface area contributed by atoms with Gasteiger partial charge in [-0.2, -0.15) is 0 Å². The smallest absolute Gasteiger partial charge is 0.244 e. The van der Waals surface area contributed by atoms with E-state index in [2.05, 4.69) is 24.1 Å². The van der Waals surface area contributed by atoms with Crippen LogP contribution in [0, 0.1) is 11.8 Å². The third-order valence-electron chi connectivity index (χ3n) is 4.88. The van der Waals surface area contributed by atoms with Crippen molar-refractivity contribution in [2.24, 2.45) is 11.8 Å². The van der Waals surface area contributed by atoms with Gasteiger partial charge >= 0.3 is 0 Å². The summed E-state index contributed by atoms with van der Waals surface area (Å²) in [5.41, 5.74) is -0.120. The second-order valence-corrected chi connectivity index (χ2v) is 6.39. The second kappa shape index (κ2) is 3.98. The van der Waals surface area contributed by atoms with Crippen LogP contribution in [-0.4, -0.2) is 29.1 Å². The third-order valence-corrected chi connectivity index (χ3v) is 4.88. The normalized spacial score (nSPS) is 39.3. The van der Waals surface area contributed by atoms with Gasteiger partial charge in [-0.1, -0.05) is 20.3 Å². The highest BCUT2D eigenvalue weighted by molar-refractivity contribution is 5.91. The summed E-state index contributed by atoms with van der Waals surface area (Å²) in [5, 5.41) is 3.55. The van der Waals surface area contributed by atoms with Crippen LogP contribution in [0.1, 0.15) is 52.4 Å². The number of hydrogen-bond acceptors (Lipinski definition) is 2. The van der Waals surface area contributed by atoms with Crippen LogP contribution in [0.4, 0.5) is 0 Å². The van der Waals surface area contributed by atoms with E-state index in [0.717, 1.165) is 37.6 Å². The predicted molar refractivity (Wildman–Crippen MR) is 67.4 cm³/mol. The summed E-state index contributed by atoms with van der Waals surface area (Å²) in [7, 11) is 0. The first kappa shape index (κ1) is 11.5. The highest BCUT2D eigenvalue weighted by atomic mass is 16.2. The lowest BCUT2D eigenvalue weighted by atomic mass is 10.1. The van der Waals surface area contributed by atoms with Gasteiger partial charge in [0, 0.05) is 6.54 Å². The molecule has 3 aliphatic rings. The summed E-state index contributed by atoms with van der Waals surface area (Å²) < 4.78 is 0. The Kier molecular flexibility index (Phi) is 2.69. The Morgan fingerprint density at radius 2 is 2.18 bits per heavy atom. The lowest BCUT2D eigenvalue weighted by Crippen LogP contribution is -2.39. The number of carbonyl (C=O) groups is 1. The van der Waals surface area contributed by atoms with E-state index in [-0.39, 0.29) is 5.54 Å². The molecule has 3 rings (SSSR count). The zero-order valence-corrected chi connectivity index (χ0v) is 11.0. The molecule has 1 heterocycles. The molecule has 1 spiro atoms. The molecule has 17 heavy (non-hydrogen) atoms. The topological polar surface area (TPSA) is 32.3 Å². The van der Waals surface area contributed by atoms with Crippen molar-refractivity contribution in [3.05, 3.63) is 0 Å². The number of nitrogens with one attached hydrogen (secondary N) is 1. The van der Waals surface area contributed by atoms with Gasteiger partial charge in [0.1, 0.15) is 0 Å². The van der Waals surface area contributed by atoms with Crippen LogP contribution in [0.15, 0.2) is 0 Å². The average molecular weight is 236 g/mol. The lowest BCUT2D eigenvalue weighted by molar-refractivity contribution is -0.131. The Morgan fingerprint density at radius 3 is 2.71 bits per heavy atom. The number of amides is 1. The van der Waals surface area contributed by atoms with E-state index in [9.17, 15) is 4.79 Å². The third kappa shape index (κ3) is 1.88. The van der Waals surface area contributed by atoms with Crippen LogP contribution in [0.5, 0.6) is 0 Å². The molecule has 1 amide bonds. The Labute approximate surface area is 104 Å². The quantitative estimate of drug-likeness (QED) is 0.814. The van der Waals surface area contributed by atoms with E-state index in [4.69, 9.17) is 0 Å². The average Bonchev–Trinajstić information content (AvgIpc) is 2.92. The molecule has 1 N–H and O–H groups in total. The van der Waals surface area contributed by atoms with E-state index in [1.807, 2.05) is 0 Å². The van der Waals surface area contributed by atoms with Gasteiger partial charge in [-0.15, -0.1) is 0 Å². The molecule has 0 aromatic heterocycles. The van der Waals surface area contributed by atoms with E-state index >= 15 is 0 Å². The fourth-order valence-corrected chi connectivity index (χ4v) is 3.66. The molecule has 3 heteroatoms. The van der Waals surface area contributed by atoms with Crippen LogP contribution >= 0.6 is 0 Å². The fraction of sp³-hybridized carbons (Fsp3) is 0.929. The SMILES string of the molecule is CCC1NC2(CC2)C(=O)N1CC1CCC(C)C1. The highest BCUT2D eigenvalue weighted by Crippen LogP contribution is 2.43. The van der Waals surface area contributed by atoms with E-state index < -0.39 is 0 Å². The van der Waals surface area contributed by atoms with Crippen LogP contribution < -0.4 is 5.32 Å². The monoisotopic (exact) mass is 236 g/mol. The molecule has 96 valence electrons. The van der Waals surface area contributed by atoms with Gasteiger partial charge in [-0.05, 0) is 43.9 Å². The maximum absolute atomic E-state index is 12.4. The molecular formula is C14H24N2O. The number of rotatable bonds is 3. The molecule has 0 aromatic rings. The zero-order chi connectivity index (χ0) is 12.0. The minimum absolute atomic E-state index is 0.120. The Hall–Kier alpha value is -0.570. The number of hydrogen-bond donors (Lipinski definition) is 1. The standard InChI is InChI=1S/C14H24N2O/c1-3-12-15-14(6-7-14)13(17)16(12)9-11-5-4-10(2)8-11/h10-12,15H,3-9H2,1-2H3. The van der Waals surface area contributed by atoms with E-state index in [1.54, 1.807) is 0 Å². The largest absolute Gasteiger partial charge is 0.325 e. The molecule has 3 unspecified atom stereocenters. The molecule has 2 aliphatic carbocycles. The molecule has 2 saturated carbocycles. The maximum Gasteiger partial charge on any atom is 0.244 e. The first-order valence-electron chi connectivity index (χ1n) is 7.23. The summed E-state index contributed by atoms with van der Waals surface area (Å²) in [5.74, 6) is 2.00. The van der Waals surface area contributed by atoms with Crippen molar-refractivity contribution in [1.29, 1.82) is 0 Å². The fourth-order valence-electron chi connectivity index (χ4n) is 3.66. The first-order valence-corrected chi connectivity index (χ1v) is 7.23. The van der Waals surface area contributed by atoms with Crippen LogP contribution in [-0.2, 0) is 4.79 Å². The van der Waals surface area contributed by atoms with Crippen molar-refractivity contribution in [3.63, 3.8) is 0 Å². The van der Waals surface area contributed by atoms with Crippen molar-refractivity contribution in [3.8, 4) is 0 Å². The van der Waals surface area contributed by atoms with E-state index in [0.29, 0.717) is 12.1 Å². The maximum atomic E-state index is 12.4. The Bertz CT molecular complexity index is 324. The van der Waals surface area contributed by atoms with Gasteiger partial charge in [-0.3, -0.25) is 10.1 Å². The summed E-state index contributed by atoms with van der Waals surface area (Å²) >= 11 is 0. The van der Waals surface area contributed by atoms with Gasteiger partial charge in [0.05, 0.1) is 11.7 Å². The van der Waals surface area contributed by atoms with Gasteiger partial charge in [0.2, 0.25) is 5.91 Å². The zero-order valence-electron chi connectivity index (χ0n) is 11.0. The van der Waals surface area contributed by atoms with Crippen molar-refractivity contribution in [1.82, 2.24) is 10.2 Å². The summed E-state index contributed by atoms with van der Waals surface area (Å²) in [6.07, 6.45) is 7.43. The van der Waals surface area contributed by atoms with E-state index in [1.165, 1.54) is 19.3 Å². The molecule has 0 bridgehead atoms. The summed E-state index contributed by atoms with van der Waals surface area (Å²) in [6.45, 7) is 5.51. The van der Waals surface area contributed by atoms with Gasteiger partial charge in [-0.25, -0.2) is 0 Å². The molecule has 0 aromatic carbocycles.